The van der Waals surface area contributed by atoms with Gasteiger partial charge in [-0.3, -0.25) is 9.69 Å². The molecule has 23 heavy (non-hydrogen) atoms. The molecule has 1 unspecified atom stereocenters. The van der Waals surface area contributed by atoms with Gasteiger partial charge >= 0.3 is 0 Å². The van der Waals surface area contributed by atoms with Gasteiger partial charge in [-0.25, -0.2) is 0 Å². The molecule has 0 spiro atoms. The lowest BCUT2D eigenvalue weighted by atomic mass is 9.90. The lowest BCUT2D eigenvalue weighted by molar-refractivity contribution is -0.0489. The Labute approximate surface area is 137 Å². The molecule has 0 N–H and O–H groups in total. The Morgan fingerprint density at radius 1 is 1.09 bits per heavy atom. The number of hydrogen-bond donors (Lipinski definition) is 0. The third-order valence-corrected chi connectivity index (χ3v) is 5.02. The fourth-order valence-corrected chi connectivity index (χ4v) is 3.73. The largest absolute Gasteiger partial charge is 0.473 e. The van der Waals surface area contributed by atoms with E-state index in [1.807, 2.05) is 12.1 Å². The summed E-state index contributed by atoms with van der Waals surface area (Å²) in [4.78, 5) is 14.8. The highest BCUT2D eigenvalue weighted by molar-refractivity contribution is 6.01. The van der Waals surface area contributed by atoms with Crippen molar-refractivity contribution in [2.75, 3.05) is 26.3 Å². The number of hydrogen-bond acceptors (Lipinski definition) is 4. The first-order chi connectivity index (χ1) is 11.3. The Morgan fingerprint density at radius 3 is 2.70 bits per heavy atom. The van der Waals surface area contributed by atoms with Crippen molar-refractivity contribution in [3.63, 3.8) is 0 Å². The fraction of sp³-hybridized carbons (Fsp3) is 0.526. The Bertz CT molecular complexity index is 632. The minimum atomic E-state index is -0.149. The first-order valence-corrected chi connectivity index (χ1v) is 8.67. The molecule has 1 aromatic carbocycles. The van der Waals surface area contributed by atoms with E-state index in [0.717, 1.165) is 42.8 Å². The number of carbonyl (C=O) groups excluding carboxylic acids is 1. The molecule has 0 aromatic heterocycles. The summed E-state index contributed by atoms with van der Waals surface area (Å²) in [6.07, 6.45) is 7.28. The summed E-state index contributed by atoms with van der Waals surface area (Å²) in [5, 5.41) is 0. The van der Waals surface area contributed by atoms with Gasteiger partial charge in [0.2, 0.25) is 0 Å². The van der Waals surface area contributed by atoms with Crippen molar-refractivity contribution in [1.82, 2.24) is 4.90 Å². The minimum Gasteiger partial charge on any atom is -0.473 e. The lowest BCUT2D eigenvalue weighted by Gasteiger charge is -2.37. The van der Waals surface area contributed by atoms with Gasteiger partial charge in [0.05, 0.1) is 25.2 Å². The van der Waals surface area contributed by atoms with Crippen LogP contribution < -0.4 is 4.74 Å². The highest BCUT2D eigenvalue weighted by atomic mass is 16.5. The Balaban J connectivity index is 1.67. The maximum Gasteiger partial charge on any atom is 0.171 e. The maximum atomic E-state index is 12.6. The predicted molar refractivity (Wildman–Crippen MR) is 88.6 cm³/mol. The molecule has 4 heteroatoms. The fourth-order valence-electron chi connectivity index (χ4n) is 3.73. The number of allylic oxidation sites excluding steroid dienone is 2. The second kappa shape index (κ2) is 6.46. The Kier molecular flexibility index (Phi) is 4.19. The Morgan fingerprint density at radius 2 is 1.91 bits per heavy atom. The van der Waals surface area contributed by atoms with Gasteiger partial charge in [-0.15, -0.1) is 0 Å². The number of para-hydroxylation sites is 1. The number of nitrogens with zero attached hydrogens (tertiary/aromatic N) is 1. The minimum absolute atomic E-state index is 0.149. The second-order valence-corrected chi connectivity index (χ2v) is 6.51. The van der Waals surface area contributed by atoms with Gasteiger partial charge in [-0.05, 0) is 37.3 Å². The van der Waals surface area contributed by atoms with Gasteiger partial charge < -0.3 is 9.47 Å². The van der Waals surface area contributed by atoms with Crippen LogP contribution in [0.4, 0.5) is 0 Å². The van der Waals surface area contributed by atoms with E-state index in [1.165, 1.54) is 18.4 Å². The van der Waals surface area contributed by atoms with Crippen LogP contribution in [0.5, 0.6) is 5.75 Å². The van der Waals surface area contributed by atoms with E-state index in [9.17, 15) is 4.79 Å². The molecule has 1 aromatic rings. The SMILES string of the molecule is O=C1CC(N2CCOCC2)Oc2c1cccc2C1=CCCCC1. The van der Waals surface area contributed by atoms with Crippen molar-refractivity contribution in [3.05, 3.63) is 35.4 Å². The van der Waals surface area contributed by atoms with Gasteiger partial charge in [0.15, 0.2) is 12.0 Å². The van der Waals surface area contributed by atoms with Crippen molar-refractivity contribution < 1.29 is 14.3 Å². The first-order valence-electron chi connectivity index (χ1n) is 8.67. The van der Waals surface area contributed by atoms with E-state index in [-0.39, 0.29) is 12.0 Å². The molecular formula is C19H23NO3. The summed E-state index contributed by atoms with van der Waals surface area (Å²) in [5.74, 6) is 0.995. The summed E-state index contributed by atoms with van der Waals surface area (Å²) in [5.41, 5.74) is 3.20. The van der Waals surface area contributed by atoms with Crippen LogP contribution in [0.15, 0.2) is 24.3 Å². The molecule has 2 aliphatic heterocycles. The summed E-state index contributed by atoms with van der Waals surface area (Å²) >= 11 is 0. The molecule has 4 nitrogen and oxygen atoms in total. The average Bonchev–Trinajstić information content (AvgIpc) is 2.63. The van der Waals surface area contributed by atoms with Crippen LogP contribution in [0.3, 0.4) is 0 Å². The van der Waals surface area contributed by atoms with Gasteiger partial charge in [0.1, 0.15) is 5.75 Å². The lowest BCUT2D eigenvalue weighted by Crippen LogP contribution is -2.48. The van der Waals surface area contributed by atoms with E-state index < -0.39 is 0 Å². The van der Waals surface area contributed by atoms with Crippen molar-refractivity contribution in [3.8, 4) is 5.75 Å². The molecule has 1 atom stereocenters. The monoisotopic (exact) mass is 313 g/mol. The van der Waals surface area contributed by atoms with Crippen LogP contribution in [0.25, 0.3) is 5.57 Å². The van der Waals surface area contributed by atoms with Crippen molar-refractivity contribution in [2.24, 2.45) is 0 Å². The van der Waals surface area contributed by atoms with E-state index in [4.69, 9.17) is 9.47 Å². The Hall–Kier alpha value is -1.65. The highest BCUT2D eigenvalue weighted by Gasteiger charge is 2.33. The van der Waals surface area contributed by atoms with Gasteiger partial charge in [-0.1, -0.05) is 18.2 Å². The number of fused-ring (bicyclic) bond motifs is 1. The van der Waals surface area contributed by atoms with Crippen molar-refractivity contribution >= 4 is 11.4 Å². The van der Waals surface area contributed by atoms with Gasteiger partial charge in [-0.2, -0.15) is 0 Å². The number of Topliss-reactive ketones (excluding diaryl/α,β-unsaturated/α-hetero) is 1. The van der Waals surface area contributed by atoms with E-state index in [0.29, 0.717) is 19.6 Å². The zero-order valence-electron chi connectivity index (χ0n) is 13.4. The van der Waals surface area contributed by atoms with Gasteiger partial charge in [0.25, 0.3) is 0 Å². The van der Waals surface area contributed by atoms with Gasteiger partial charge in [0, 0.05) is 18.7 Å². The average molecular weight is 313 g/mol. The third-order valence-electron chi connectivity index (χ3n) is 5.02. The molecule has 4 rings (SSSR count). The molecule has 1 fully saturated rings. The summed E-state index contributed by atoms with van der Waals surface area (Å²) < 4.78 is 11.7. The molecule has 0 radical (unpaired) electrons. The smallest absolute Gasteiger partial charge is 0.171 e. The van der Waals surface area contributed by atoms with E-state index >= 15 is 0 Å². The number of ether oxygens (including phenoxy) is 2. The van der Waals surface area contributed by atoms with Crippen LogP contribution >= 0.6 is 0 Å². The molecule has 0 saturated carbocycles. The zero-order valence-corrected chi connectivity index (χ0v) is 13.4. The first kappa shape index (κ1) is 14.9. The van der Waals surface area contributed by atoms with Crippen LogP contribution in [0.2, 0.25) is 0 Å². The summed E-state index contributed by atoms with van der Waals surface area (Å²) in [6, 6.07) is 5.99. The summed E-state index contributed by atoms with van der Waals surface area (Å²) in [7, 11) is 0. The molecule has 1 aliphatic carbocycles. The number of benzene rings is 1. The number of rotatable bonds is 2. The molecule has 0 amide bonds. The van der Waals surface area contributed by atoms with E-state index in [1.54, 1.807) is 0 Å². The highest BCUT2D eigenvalue weighted by Crippen LogP contribution is 2.39. The number of morpholine rings is 1. The third kappa shape index (κ3) is 2.93. The maximum absolute atomic E-state index is 12.6. The van der Waals surface area contributed by atoms with Crippen molar-refractivity contribution in [1.29, 1.82) is 0 Å². The molecule has 0 bridgehead atoms. The standard InChI is InChI=1S/C19H23NO3/c21-17-13-18(20-9-11-22-12-10-20)23-19-15(7-4-8-16(17)19)14-5-2-1-3-6-14/h4-5,7-8,18H,1-3,6,9-13H2. The van der Waals surface area contributed by atoms with Crippen LogP contribution in [0, 0.1) is 0 Å². The second-order valence-electron chi connectivity index (χ2n) is 6.51. The molecular weight excluding hydrogens is 290 g/mol. The van der Waals surface area contributed by atoms with Crippen LogP contribution in [0.1, 0.15) is 48.0 Å². The summed E-state index contributed by atoms with van der Waals surface area (Å²) in [6.45, 7) is 3.09. The predicted octanol–water partition coefficient (Wildman–Crippen LogP) is 3.27. The number of ketones is 1. The van der Waals surface area contributed by atoms with Crippen LogP contribution in [-0.4, -0.2) is 43.2 Å². The quantitative estimate of drug-likeness (QED) is 0.840. The molecule has 122 valence electrons. The van der Waals surface area contributed by atoms with Crippen LogP contribution in [-0.2, 0) is 4.74 Å². The molecule has 2 heterocycles. The van der Waals surface area contributed by atoms with E-state index in [2.05, 4.69) is 17.0 Å². The topological polar surface area (TPSA) is 38.8 Å². The normalized spacial score (nSPS) is 25.5. The number of carbonyl (C=O) groups is 1. The molecule has 1 saturated heterocycles. The molecule has 3 aliphatic rings. The zero-order chi connectivity index (χ0) is 15.6. The van der Waals surface area contributed by atoms with Crippen molar-refractivity contribution in [2.45, 2.75) is 38.3 Å².